The zero-order chi connectivity index (χ0) is 13.9. The highest BCUT2D eigenvalue weighted by molar-refractivity contribution is 5.81. The van der Waals surface area contributed by atoms with Crippen molar-refractivity contribution >= 4 is 5.91 Å². The van der Waals surface area contributed by atoms with Crippen LogP contribution in [0.5, 0.6) is 0 Å². The van der Waals surface area contributed by atoms with E-state index in [0.717, 1.165) is 0 Å². The first-order chi connectivity index (χ1) is 8.42. The minimum Gasteiger partial charge on any atom is -0.394 e. The average molecular weight is 266 g/mol. The summed E-state index contributed by atoms with van der Waals surface area (Å²) in [5.74, 6) is -0.790. The van der Waals surface area contributed by atoms with Gasteiger partial charge >= 0.3 is 0 Å². The second-order valence-corrected chi connectivity index (χ2v) is 4.05. The molecule has 1 saturated heterocycles. The third-order valence-electron chi connectivity index (χ3n) is 2.71. The smallest absolute Gasteiger partial charge is 0.241 e. The van der Waals surface area contributed by atoms with E-state index in [9.17, 15) is 20.1 Å². The molecular formula is C9H18N2O7. The van der Waals surface area contributed by atoms with Crippen molar-refractivity contribution in [1.82, 2.24) is 5.32 Å². The lowest BCUT2D eigenvalue weighted by Gasteiger charge is -2.40. The number of hydrogen-bond donors (Lipinski definition) is 7. The van der Waals surface area contributed by atoms with Crippen molar-refractivity contribution in [3.63, 3.8) is 0 Å². The van der Waals surface area contributed by atoms with Gasteiger partial charge in [0.1, 0.15) is 30.5 Å². The van der Waals surface area contributed by atoms with Gasteiger partial charge in [-0.05, 0) is 0 Å². The molecule has 0 aromatic heterocycles. The van der Waals surface area contributed by atoms with Crippen LogP contribution >= 0.6 is 0 Å². The van der Waals surface area contributed by atoms with E-state index in [0.29, 0.717) is 0 Å². The molecule has 0 aromatic carbocycles. The van der Waals surface area contributed by atoms with Gasteiger partial charge < -0.3 is 41.3 Å². The summed E-state index contributed by atoms with van der Waals surface area (Å²) in [6.45, 7) is -1.19. The first kappa shape index (κ1) is 15.2. The van der Waals surface area contributed by atoms with Crippen LogP contribution in [0.2, 0.25) is 0 Å². The molecule has 1 fully saturated rings. The van der Waals surface area contributed by atoms with Crippen molar-refractivity contribution in [1.29, 1.82) is 0 Å². The van der Waals surface area contributed by atoms with Gasteiger partial charge in [-0.3, -0.25) is 4.79 Å². The maximum absolute atomic E-state index is 11.4. The molecule has 1 heterocycles. The summed E-state index contributed by atoms with van der Waals surface area (Å²) in [7, 11) is 0. The van der Waals surface area contributed by atoms with E-state index in [1.165, 1.54) is 0 Å². The number of carbonyl (C=O) groups is 1. The van der Waals surface area contributed by atoms with Crippen LogP contribution < -0.4 is 11.1 Å². The quantitative estimate of drug-likeness (QED) is 0.266. The number of nitrogens with one attached hydrogen (secondary N) is 1. The molecule has 0 spiro atoms. The van der Waals surface area contributed by atoms with Crippen LogP contribution in [0.25, 0.3) is 0 Å². The second kappa shape index (κ2) is 6.38. The Labute approximate surface area is 103 Å². The molecule has 18 heavy (non-hydrogen) atoms. The number of carbonyl (C=O) groups excluding carboxylic acids is 1. The van der Waals surface area contributed by atoms with Gasteiger partial charge in [-0.2, -0.15) is 0 Å². The number of amides is 1. The predicted octanol–water partition coefficient (Wildman–Crippen LogP) is -4.78. The molecule has 9 heteroatoms. The molecule has 106 valence electrons. The zero-order valence-corrected chi connectivity index (χ0v) is 9.51. The van der Waals surface area contributed by atoms with Gasteiger partial charge in [-0.15, -0.1) is 0 Å². The minimum atomic E-state index is -1.58. The molecule has 1 rings (SSSR count). The number of nitrogens with two attached hydrogens (primary N) is 1. The summed E-state index contributed by atoms with van der Waals surface area (Å²) >= 11 is 0. The Bertz CT molecular complexity index is 288. The van der Waals surface area contributed by atoms with Crippen molar-refractivity contribution in [2.45, 2.75) is 36.7 Å². The van der Waals surface area contributed by atoms with E-state index in [2.05, 4.69) is 5.32 Å². The molecule has 1 amide bonds. The Morgan fingerprint density at radius 1 is 1.22 bits per heavy atom. The maximum Gasteiger partial charge on any atom is 0.241 e. The highest BCUT2D eigenvalue weighted by Gasteiger charge is 2.44. The van der Waals surface area contributed by atoms with Crippen LogP contribution in [0.3, 0.4) is 0 Å². The van der Waals surface area contributed by atoms with Crippen LogP contribution in [0, 0.1) is 0 Å². The highest BCUT2D eigenvalue weighted by Crippen LogP contribution is 2.19. The normalized spacial score (nSPS) is 38.2. The second-order valence-electron chi connectivity index (χ2n) is 4.05. The van der Waals surface area contributed by atoms with Crippen LogP contribution in [-0.4, -0.2) is 81.3 Å². The summed E-state index contributed by atoms with van der Waals surface area (Å²) in [6, 6.07) is -1.20. The van der Waals surface area contributed by atoms with Crippen molar-refractivity contribution in [3.05, 3.63) is 0 Å². The first-order valence-corrected chi connectivity index (χ1v) is 5.39. The third-order valence-corrected chi connectivity index (χ3v) is 2.71. The standard InChI is InChI=1S/C9H18N2O7/c10-3(1-12)8(17)11-9-7(16)6(15)5(14)4(2-13)18-9/h3-7,9,12-16H,1-2,10H2,(H,11,17)/t3-,4+,5+,6-,7+,9?/m0/s1. The number of rotatable bonds is 4. The first-order valence-electron chi connectivity index (χ1n) is 5.39. The van der Waals surface area contributed by atoms with E-state index >= 15 is 0 Å². The van der Waals surface area contributed by atoms with E-state index in [1.54, 1.807) is 0 Å². The summed E-state index contributed by atoms with van der Waals surface area (Å²) in [4.78, 5) is 11.4. The molecule has 0 radical (unpaired) electrons. The molecule has 1 unspecified atom stereocenters. The van der Waals surface area contributed by atoms with Gasteiger partial charge in [-0.25, -0.2) is 0 Å². The van der Waals surface area contributed by atoms with Gasteiger partial charge in [0.2, 0.25) is 5.91 Å². The van der Waals surface area contributed by atoms with Gasteiger partial charge in [0.25, 0.3) is 0 Å². The van der Waals surface area contributed by atoms with Gasteiger partial charge in [-0.1, -0.05) is 0 Å². The fourth-order valence-electron chi connectivity index (χ4n) is 1.55. The molecule has 9 nitrogen and oxygen atoms in total. The Kier molecular flexibility index (Phi) is 5.41. The third kappa shape index (κ3) is 3.14. The number of aliphatic hydroxyl groups excluding tert-OH is 5. The fraction of sp³-hybridized carbons (Fsp3) is 0.889. The van der Waals surface area contributed by atoms with Crippen molar-refractivity contribution in [2.24, 2.45) is 5.73 Å². The Morgan fingerprint density at radius 2 is 1.83 bits per heavy atom. The van der Waals surface area contributed by atoms with Gasteiger partial charge in [0.15, 0.2) is 6.23 Å². The van der Waals surface area contributed by atoms with Crippen molar-refractivity contribution in [3.8, 4) is 0 Å². The van der Waals surface area contributed by atoms with Crippen molar-refractivity contribution < 1.29 is 35.1 Å². The summed E-state index contributed by atoms with van der Waals surface area (Å²) < 4.78 is 5.02. The van der Waals surface area contributed by atoms with Crippen LogP contribution in [0.4, 0.5) is 0 Å². The minimum absolute atomic E-state index is 0.594. The Balaban J connectivity index is 2.67. The molecule has 0 aromatic rings. The molecule has 0 saturated carbocycles. The van der Waals surface area contributed by atoms with Crippen LogP contribution in [0.15, 0.2) is 0 Å². The molecule has 6 atom stereocenters. The predicted molar refractivity (Wildman–Crippen MR) is 57.0 cm³/mol. The molecule has 1 aliphatic rings. The molecular weight excluding hydrogens is 248 g/mol. The van der Waals surface area contributed by atoms with Crippen molar-refractivity contribution in [2.75, 3.05) is 13.2 Å². The monoisotopic (exact) mass is 266 g/mol. The maximum atomic E-state index is 11.4. The Hall–Kier alpha value is -0.810. The SMILES string of the molecule is N[C@@H](CO)C(=O)NC1O[C@H](CO)[C@@H](O)[C@H](O)[C@H]1O. The van der Waals surface area contributed by atoms with E-state index < -0.39 is 55.8 Å². The number of ether oxygens (including phenoxy) is 1. The Morgan fingerprint density at radius 3 is 2.33 bits per heavy atom. The summed E-state index contributed by atoms with van der Waals surface area (Å²) in [6.07, 6.45) is -7.08. The lowest BCUT2D eigenvalue weighted by Crippen LogP contribution is -2.64. The van der Waals surface area contributed by atoms with E-state index in [4.69, 9.17) is 20.7 Å². The fourth-order valence-corrected chi connectivity index (χ4v) is 1.55. The molecule has 0 bridgehead atoms. The van der Waals surface area contributed by atoms with Gasteiger partial charge in [0, 0.05) is 0 Å². The lowest BCUT2D eigenvalue weighted by atomic mass is 9.98. The average Bonchev–Trinajstić information content (AvgIpc) is 2.38. The highest BCUT2D eigenvalue weighted by atomic mass is 16.6. The van der Waals surface area contributed by atoms with Gasteiger partial charge in [0.05, 0.1) is 13.2 Å². The lowest BCUT2D eigenvalue weighted by molar-refractivity contribution is -0.236. The molecule has 0 aliphatic carbocycles. The number of aliphatic hydroxyl groups is 5. The largest absolute Gasteiger partial charge is 0.394 e. The summed E-state index contributed by atoms with van der Waals surface area (Å²) in [5.41, 5.74) is 5.25. The van der Waals surface area contributed by atoms with E-state index in [1.807, 2.05) is 0 Å². The van der Waals surface area contributed by atoms with Crippen LogP contribution in [0.1, 0.15) is 0 Å². The molecule has 1 aliphatic heterocycles. The van der Waals surface area contributed by atoms with E-state index in [-0.39, 0.29) is 0 Å². The zero-order valence-electron chi connectivity index (χ0n) is 9.51. The van der Waals surface area contributed by atoms with Crippen LogP contribution in [-0.2, 0) is 9.53 Å². The topological polar surface area (TPSA) is 166 Å². The summed E-state index contributed by atoms with van der Waals surface area (Å²) in [5, 5.41) is 48.3. The molecule has 8 N–H and O–H groups in total. The number of hydrogen-bond acceptors (Lipinski definition) is 8.